The Morgan fingerprint density at radius 1 is 1.16 bits per heavy atom. The average Bonchev–Trinajstić information content (AvgIpc) is 2.73. The van der Waals surface area contributed by atoms with Crippen LogP contribution in [0.2, 0.25) is 0 Å². The van der Waals surface area contributed by atoms with Gasteiger partial charge < -0.3 is 9.47 Å². The number of halogens is 5. The quantitative estimate of drug-likeness (QED) is 0.454. The summed E-state index contributed by atoms with van der Waals surface area (Å²) in [5.74, 6) is 0.486. The highest BCUT2D eigenvalue weighted by Crippen LogP contribution is 2.30. The number of methoxy groups -OCH3 is 2. The van der Waals surface area contributed by atoms with Gasteiger partial charge in [-0.05, 0) is 59.8 Å². The van der Waals surface area contributed by atoms with Crippen LogP contribution in [0.3, 0.4) is 0 Å². The fourth-order valence-corrected chi connectivity index (χ4v) is 2.93. The first-order chi connectivity index (χ1) is 15.1. The molecule has 1 N–H and O–H groups in total. The van der Waals surface area contributed by atoms with Crippen LogP contribution < -0.4 is 10.2 Å². The lowest BCUT2D eigenvalue weighted by Crippen LogP contribution is -2.39. The van der Waals surface area contributed by atoms with E-state index in [1.807, 2.05) is 6.07 Å². The normalized spacial score (nSPS) is 13.2. The number of aromatic nitrogens is 2. The zero-order valence-electron chi connectivity index (χ0n) is 16.9. The zero-order chi connectivity index (χ0) is 23.9. The summed E-state index contributed by atoms with van der Waals surface area (Å²) in [6, 6.07) is 5.09. The number of nitrogens with zero attached hydrogens (tertiary/aromatic N) is 3. The van der Waals surface area contributed by atoms with Gasteiger partial charge in [-0.2, -0.15) is 13.2 Å². The SMILES string of the molecule is COC(OC)c1ccc2c(n1)N(C(=O)Nc1ccc(C(F)(F)F)cn1)CCC2.O=C(Cl)Cl. The van der Waals surface area contributed by atoms with Crippen LogP contribution in [0.4, 0.5) is 34.4 Å². The Morgan fingerprint density at radius 3 is 2.34 bits per heavy atom. The van der Waals surface area contributed by atoms with Crippen LogP contribution in [0.1, 0.15) is 29.5 Å². The molecule has 8 nitrogen and oxygen atoms in total. The van der Waals surface area contributed by atoms with Gasteiger partial charge in [-0.3, -0.25) is 15.0 Å². The van der Waals surface area contributed by atoms with E-state index < -0.39 is 28.8 Å². The van der Waals surface area contributed by atoms with Crippen molar-refractivity contribution in [2.45, 2.75) is 25.3 Å². The number of alkyl halides is 3. The van der Waals surface area contributed by atoms with Gasteiger partial charge >= 0.3 is 16.9 Å². The van der Waals surface area contributed by atoms with Gasteiger partial charge in [-0.25, -0.2) is 14.8 Å². The number of pyridine rings is 2. The number of hydrogen-bond donors (Lipinski definition) is 1. The molecule has 1 aliphatic heterocycles. The van der Waals surface area contributed by atoms with Crippen molar-refractivity contribution in [3.63, 3.8) is 0 Å². The monoisotopic (exact) mass is 494 g/mol. The molecule has 1 aliphatic rings. The first-order valence-corrected chi connectivity index (χ1v) is 9.84. The van der Waals surface area contributed by atoms with Gasteiger partial charge in [0.2, 0.25) is 6.29 Å². The summed E-state index contributed by atoms with van der Waals surface area (Å²) in [5, 5.41) is 2.51. The Hall–Kier alpha value is -2.47. The predicted molar refractivity (Wildman–Crippen MR) is 112 cm³/mol. The maximum Gasteiger partial charge on any atom is 0.417 e. The molecule has 2 aromatic rings. The lowest BCUT2D eigenvalue weighted by molar-refractivity contribution is -0.137. The van der Waals surface area contributed by atoms with Crippen LogP contribution in [-0.2, 0) is 22.1 Å². The van der Waals surface area contributed by atoms with E-state index in [2.05, 4.69) is 38.5 Å². The third-order valence-electron chi connectivity index (χ3n) is 4.30. The number of rotatable bonds is 4. The molecule has 0 fully saturated rings. The van der Waals surface area contributed by atoms with Crippen molar-refractivity contribution < 1.29 is 32.2 Å². The van der Waals surface area contributed by atoms with Crippen molar-refractivity contribution in [1.29, 1.82) is 0 Å². The maximum atomic E-state index is 12.7. The summed E-state index contributed by atoms with van der Waals surface area (Å²) >= 11 is 8.80. The molecule has 3 rings (SSSR count). The number of carbonyl (C=O) groups excluding carboxylic acids is 2. The first kappa shape index (κ1) is 25.8. The Kier molecular flexibility index (Phi) is 9.20. The lowest BCUT2D eigenvalue weighted by Gasteiger charge is -2.29. The molecule has 0 unspecified atom stereocenters. The number of fused-ring (bicyclic) bond motifs is 1. The topological polar surface area (TPSA) is 93.7 Å². The highest BCUT2D eigenvalue weighted by molar-refractivity contribution is 6.93. The van der Waals surface area contributed by atoms with Crippen molar-refractivity contribution in [3.8, 4) is 0 Å². The lowest BCUT2D eigenvalue weighted by atomic mass is 10.1. The van der Waals surface area contributed by atoms with Crippen LogP contribution in [0.5, 0.6) is 0 Å². The molecule has 2 aromatic heterocycles. The molecule has 2 amide bonds. The highest BCUT2D eigenvalue weighted by atomic mass is 35.5. The van der Waals surface area contributed by atoms with Crippen molar-refractivity contribution in [2.24, 2.45) is 0 Å². The number of ether oxygens (including phenoxy) is 2. The molecular weight excluding hydrogens is 476 g/mol. The number of aryl methyl sites for hydroxylation is 1. The van der Waals surface area contributed by atoms with Crippen LogP contribution in [0.15, 0.2) is 30.5 Å². The van der Waals surface area contributed by atoms with Gasteiger partial charge in [0.15, 0.2) is 0 Å². The van der Waals surface area contributed by atoms with Crippen LogP contribution in [0.25, 0.3) is 0 Å². The van der Waals surface area contributed by atoms with Gasteiger partial charge in [-0.15, -0.1) is 0 Å². The fourth-order valence-electron chi connectivity index (χ4n) is 2.93. The largest absolute Gasteiger partial charge is 0.417 e. The minimum absolute atomic E-state index is 0.0212. The molecule has 0 atom stereocenters. The van der Waals surface area contributed by atoms with E-state index in [1.165, 1.54) is 19.1 Å². The van der Waals surface area contributed by atoms with Crippen molar-refractivity contribution in [3.05, 3.63) is 47.3 Å². The van der Waals surface area contributed by atoms with E-state index in [0.717, 1.165) is 30.5 Å². The number of hydrogen-bond acceptors (Lipinski definition) is 6. The smallest absolute Gasteiger partial charge is 0.350 e. The standard InChI is InChI=1S/C18H19F3N4O3.CCl2O/c1-27-16(28-2)13-7-5-11-4-3-9-25(15(11)23-13)17(26)24-14-8-6-12(10-22-14)18(19,20)21;2-1(3)4/h5-8,10,16H,3-4,9H2,1-2H3,(H,22,24,26);. The molecule has 0 bridgehead atoms. The van der Waals surface area contributed by atoms with Gasteiger partial charge in [-0.1, -0.05) is 6.07 Å². The minimum Gasteiger partial charge on any atom is -0.350 e. The first-order valence-electron chi connectivity index (χ1n) is 9.09. The second-order valence-electron chi connectivity index (χ2n) is 6.36. The number of nitrogens with one attached hydrogen (secondary N) is 1. The van der Waals surface area contributed by atoms with Crippen molar-refractivity contribution in [1.82, 2.24) is 9.97 Å². The van der Waals surface area contributed by atoms with E-state index in [0.29, 0.717) is 24.3 Å². The Balaban J connectivity index is 0.000000837. The number of anilines is 2. The molecule has 32 heavy (non-hydrogen) atoms. The molecule has 0 aromatic carbocycles. The van der Waals surface area contributed by atoms with Gasteiger partial charge in [0.05, 0.1) is 11.3 Å². The van der Waals surface area contributed by atoms with Crippen molar-refractivity contribution in [2.75, 3.05) is 31.0 Å². The molecule has 0 aliphatic carbocycles. The molecule has 3 heterocycles. The second kappa shape index (κ2) is 11.4. The number of amides is 2. The fraction of sp³-hybridized carbons (Fsp3) is 0.368. The van der Waals surface area contributed by atoms with E-state index in [9.17, 15) is 18.0 Å². The summed E-state index contributed by atoms with van der Waals surface area (Å²) in [5.41, 5.74) is 0.512. The molecule has 0 radical (unpaired) electrons. The predicted octanol–water partition coefficient (Wildman–Crippen LogP) is 5.36. The van der Waals surface area contributed by atoms with Gasteiger partial charge in [0.1, 0.15) is 11.6 Å². The van der Waals surface area contributed by atoms with Crippen LogP contribution >= 0.6 is 23.2 Å². The highest BCUT2D eigenvalue weighted by Gasteiger charge is 2.31. The summed E-state index contributed by atoms with van der Waals surface area (Å²) < 4.78 is 47.4. The number of carbonyl (C=O) groups is 2. The maximum absolute atomic E-state index is 12.7. The third-order valence-corrected chi connectivity index (χ3v) is 4.30. The van der Waals surface area contributed by atoms with Crippen LogP contribution in [-0.4, -0.2) is 41.5 Å². The Morgan fingerprint density at radius 2 is 1.81 bits per heavy atom. The van der Waals surface area contributed by atoms with Gasteiger partial charge in [0.25, 0.3) is 0 Å². The molecule has 13 heteroatoms. The second-order valence-corrected chi connectivity index (χ2v) is 7.24. The zero-order valence-corrected chi connectivity index (χ0v) is 18.5. The van der Waals surface area contributed by atoms with E-state index in [1.54, 1.807) is 6.07 Å². The molecular formula is C19H19Cl2F3N4O4. The summed E-state index contributed by atoms with van der Waals surface area (Å²) in [4.78, 5) is 31.3. The van der Waals surface area contributed by atoms with Crippen molar-refractivity contribution >= 4 is 45.6 Å². The molecule has 0 spiro atoms. The average molecular weight is 495 g/mol. The summed E-state index contributed by atoms with van der Waals surface area (Å²) in [7, 11) is 2.96. The Bertz CT molecular complexity index is 937. The Labute approximate surface area is 191 Å². The number of urea groups is 1. The van der Waals surface area contributed by atoms with E-state index >= 15 is 0 Å². The van der Waals surface area contributed by atoms with E-state index in [4.69, 9.17) is 14.3 Å². The summed E-state index contributed by atoms with van der Waals surface area (Å²) in [6.45, 7) is 0.417. The third kappa shape index (κ3) is 7.02. The molecule has 174 valence electrons. The van der Waals surface area contributed by atoms with E-state index in [-0.39, 0.29) is 5.82 Å². The molecule has 0 saturated carbocycles. The van der Waals surface area contributed by atoms with Gasteiger partial charge in [0, 0.05) is 27.0 Å². The summed E-state index contributed by atoms with van der Waals surface area (Å²) in [6.07, 6.45) is -2.98. The van der Waals surface area contributed by atoms with Crippen LogP contribution in [0, 0.1) is 0 Å². The minimum atomic E-state index is -4.49. The molecule has 0 saturated heterocycles.